The Hall–Kier alpha value is -2.69. The second-order valence-electron chi connectivity index (χ2n) is 7.76. The molecule has 1 saturated carbocycles. The molecule has 2 fully saturated rings. The maximum absolute atomic E-state index is 12.6. The van der Waals surface area contributed by atoms with E-state index in [1.54, 1.807) is 19.3 Å². The number of nitrogens with zero attached hydrogens (tertiary/aromatic N) is 2. The van der Waals surface area contributed by atoms with Crippen LogP contribution in [0.3, 0.4) is 0 Å². The topological polar surface area (TPSA) is 45.9 Å². The summed E-state index contributed by atoms with van der Waals surface area (Å²) in [5.74, 6) is 4.00. The van der Waals surface area contributed by atoms with Crippen LogP contribution in [0, 0.1) is 5.92 Å². The van der Waals surface area contributed by atoms with Gasteiger partial charge in [0.05, 0.1) is 7.11 Å². The van der Waals surface area contributed by atoms with Crippen molar-refractivity contribution in [1.82, 2.24) is 4.90 Å². The number of hydrogen-bond acceptors (Lipinski definition) is 4. The fourth-order valence-electron chi connectivity index (χ4n) is 3.82. The Bertz CT molecular complexity index is 840. The normalized spacial score (nSPS) is 22.4. The van der Waals surface area contributed by atoms with Gasteiger partial charge in [-0.2, -0.15) is 0 Å². The Morgan fingerprint density at radius 1 is 1.11 bits per heavy atom. The Morgan fingerprint density at radius 3 is 2.61 bits per heavy atom. The number of amides is 1. The molecule has 5 nitrogen and oxygen atoms in total. The van der Waals surface area contributed by atoms with Crippen LogP contribution in [0.15, 0.2) is 46.9 Å². The summed E-state index contributed by atoms with van der Waals surface area (Å²) in [6.45, 7) is 5.51. The third-order valence-electron chi connectivity index (χ3n) is 5.76. The van der Waals surface area contributed by atoms with Crippen LogP contribution in [0.1, 0.15) is 37.2 Å². The van der Waals surface area contributed by atoms with Crippen LogP contribution in [0.5, 0.6) is 5.75 Å². The monoisotopic (exact) mass is 380 g/mol. The van der Waals surface area contributed by atoms with Crippen molar-refractivity contribution < 1.29 is 13.9 Å². The molecule has 0 spiro atoms. The molecule has 2 unspecified atom stereocenters. The lowest BCUT2D eigenvalue weighted by atomic mass is 10.2. The first-order chi connectivity index (χ1) is 13.6. The van der Waals surface area contributed by atoms with Gasteiger partial charge in [-0.15, -0.1) is 0 Å². The summed E-state index contributed by atoms with van der Waals surface area (Å²) in [6, 6.07) is 12.1. The van der Waals surface area contributed by atoms with Crippen molar-refractivity contribution >= 4 is 17.7 Å². The zero-order valence-electron chi connectivity index (χ0n) is 16.6. The Kier molecular flexibility index (Phi) is 5.42. The van der Waals surface area contributed by atoms with Crippen LogP contribution >= 0.6 is 0 Å². The van der Waals surface area contributed by atoms with Gasteiger partial charge < -0.3 is 19.0 Å². The van der Waals surface area contributed by atoms with Crippen LogP contribution in [0.4, 0.5) is 5.69 Å². The molecule has 1 saturated heterocycles. The molecule has 1 aromatic carbocycles. The van der Waals surface area contributed by atoms with Crippen LogP contribution in [0.25, 0.3) is 6.08 Å². The number of methoxy groups -OCH3 is 1. The number of rotatable bonds is 5. The summed E-state index contributed by atoms with van der Waals surface area (Å²) in [5.41, 5.74) is 1.17. The quantitative estimate of drug-likeness (QED) is 0.731. The molecule has 1 aliphatic heterocycles. The van der Waals surface area contributed by atoms with Crippen molar-refractivity contribution in [3.05, 3.63) is 54.0 Å². The smallest absolute Gasteiger partial charge is 0.246 e. The van der Waals surface area contributed by atoms with Gasteiger partial charge in [-0.05, 0) is 61.2 Å². The number of anilines is 1. The van der Waals surface area contributed by atoms with Crippen LogP contribution < -0.4 is 9.64 Å². The van der Waals surface area contributed by atoms with Gasteiger partial charge in [0, 0.05) is 43.9 Å². The molecule has 0 bridgehead atoms. The minimum absolute atomic E-state index is 0.0503. The highest BCUT2D eigenvalue weighted by Gasteiger charge is 2.36. The van der Waals surface area contributed by atoms with Crippen LogP contribution in [0.2, 0.25) is 0 Å². The summed E-state index contributed by atoms with van der Waals surface area (Å²) in [6.07, 6.45) is 5.59. The van der Waals surface area contributed by atoms with E-state index < -0.39 is 0 Å². The predicted octanol–water partition coefficient (Wildman–Crippen LogP) is 4.16. The Labute approximate surface area is 166 Å². The fourth-order valence-corrected chi connectivity index (χ4v) is 3.82. The number of furan rings is 1. The fraction of sp³-hybridized carbons (Fsp3) is 0.435. The van der Waals surface area contributed by atoms with E-state index in [1.165, 1.54) is 12.1 Å². The van der Waals surface area contributed by atoms with E-state index in [1.807, 2.05) is 29.2 Å². The molecule has 0 radical (unpaired) electrons. The van der Waals surface area contributed by atoms with Gasteiger partial charge in [-0.3, -0.25) is 4.79 Å². The second kappa shape index (κ2) is 8.13. The summed E-state index contributed by atoms with van der Waals surface area (Å²) >= 11 is 0. The molecule has 1 aromatic heterocycles. The number of carbonyl (C=O) groups is 1. The molecule has 0 N–H and O–H groups in total. The van der Waals surface area contributed by atoms with E-state index in [4.69, 9.17) is 9.15 Å². The van der Waals surface area contributed by atoms with E-state index in [0.29, 0.717) is 5.92 Å². The van der Waals surface area contributed by atoms with Gasteiger partial charge in [0.25, 0.3) is 0 Å². The van der Waals surface area contributed by atoms with E-state index in [2.05, 4.69) is 24.0 Å². The van der Waals surface area contributed by atoms with Gasteiger partial charge in [0.2, 0.25) is 5.91 Å². The Balaban J connectivity index is 1.33. The molecule has 2 atom stereocenters. The van der Waals surface area contributed by atoms with Crippen molar-refractivity contribution in [2.24, 2.45) is 5.92 Å². The lowest BCUT2D eigenvalue weighted by molar-refractivity contribution is -0.125. The standard InChI is InChI=1S/C23H28N2O3/c1-17-16-21(17)22-10-8-20(28-22)9-11-23(26)25-13-3-12-24(14-15-25)18-4-6-19(27-2)7-5-18/h4-11,17,21H,3,12-16H2,1-2H3/b11-9+. The molecule has 5 heteroatoms. The number of carbonyl (C=O) groups excluding carboxylic acids is 1. The molecule has 2 heterocycles. The van der Waals surface area contributed by atoms with E-state index in [9.17, 15) is 4.79 Å². The molecule has 2 aromatic rings. The maximum Gasteiger partial charge on any atom is 0.246 e. The van der Waals surface area contributed by atoms with Crippen molar-refractivity contribution in [3.8, 4) is 5.75 Å². The third-order valence-corrected chi connectivity index (χ3v) is 5.76. The molecule has 148 valence electrons. The first-order valence-corrected chi connectivity index (χ1v) is 10.1. The molecule has 1 aliphatic carbocycles. The Morgan fingerprint density at radius 2 is 1.89 bits per heavy atom. The van der Waals surface area contributed by atoms with Crippen LogP contribution in [-0.4, -0.2) is 44.1 Å². The zero-order valence-corrected chi connectivity index (χ0v) is 16.6. The third kappa shape index (κ3) is 4.24. The number of hydrogen-bond donors (Lipinski definition) is 0. The minimum atomic E-state index is 0.0503. The van der Waals surface area contributed by atoms with Gasteiger partial charge in [0.1, 0.15) is 17.3 Å². The lowest BCUT2D eigenvalue weighted by Gasteiger charge is -2.23. The van der Waals surface area contributed by atoms with E-state index in [0.717, 1.165) is 55.8 Å². The second-order valence-corrected chi connectivity index (χ2v) is 7.76. The zero-order chi connectivity index (χ0) is 19.5. The van der Waals surface area contributed by atoms with E-state index >= 15 is 0 Å². The predicted molar refractivity (Wildman–Crippen MR) is 111 cm³/mol. The molecular weight excluding hydrogens is 352 g/mol. The molecule has 1 amide bonds. The summed E-state index contributed by atoms with van der Waals surface area (Å²) < 4.78 is 11.1. The van der Waals surface area contributed by atoms with Gasteiger partial charge in [-0.25, -0.2) is 0 Å². The highest BCUT2D eigenvalue weighted by atomic mass is 16.5. The largest absolute Gasteiger partial charge is 0.497 e. The molecular formula is C23H28N2O3. The van der Waals surface area contributed by atoms with Crippen molar-refractivity contribution in [2.75, 3.05) is 38.2 Å². The van der Waals surface area contributed by atoms with Crippen molar-refractivity contribution in [3.63, 3.8) is 0 Å². The minimum Gasteiger partial charge on any atom is -0.497 e. The van der Waals surface area contributed by atoms with Gasteiger partial charge in [0.15, 0.2) is 0 Å². The average molecular weight is 380 g/mol. The first-order valence-electron chi connectivity index (χ1n) is 10.1. The molecule has 2 aliphatic rings. The van der Waals surface area contributed by atoms with Gasteiger partial charge >= 0.3 is 0 Å². The number of benzene rings is 1. The van der Waals surface area contributed by atoms with Crippen molar-refractivity contribution in [2.45, 2.75) is 25.7 Å². The maximum atomic E-state index is 12.6. The van der Waals surface area contributed by atoms with Crippen molar-refractivity contribution in [1.29, 1.82) is 0 Å². The van der Waals surface area contributed by atoms with Crippen LogP contribution in [-0.2, 0) is 4.79 Å². The summed E-state index contributed by atoms with van der Waals surface area (Å²) in [7, 11) is 1.67. The number of ether oxygens (including phenoxy) is 1. The summed E-state index contributed by atoms with van der Waals surface area (Å²) in [4.78, 5) is 16.9. The molecule has 28 heavy (non-hydrogen) atoms. The van der Waals surface area contributed by atoms with Gasteiger partial charge in [-0.1, -0.05) is 6.92 Å². The van der Waals surface area contributed by atoms with E-state index in [-0.39, 0.29) is 5.91 Å². The highest BCUT2D eigenvalue weighted by molar-refractivity contribution is 5.91. The first kappa shape index (κ1) is 18.7. The average Bonchev–Trinajstić information content (AvgIpc) is 3.35. The highest BCUT2D eigenvalue weighted by Crippen LogP contribution is 2.47. The SMILES string of the molecule is COc1ccc(N2CCCN(C(=O)/C=C/c3ccc(C4CC4C)o3)CC2)cc1. The molecule has 4 rings (SSSR count). The lowest BCUT2D eigenvalue weighted by Crippen LogP contribution is -2.34. The summed E-state index contributed by atoms with van der Waals surface area (Å²) in [5, 5.41) is 0.